The molecular formula is C22H36N4O4S. The molecule has 1 amide bonds. The van der Waals surface area contributed by atoms with Gasteiger partial charge in [0.2, 0.25) is 15.9 Å². The highest BCUT2D eigenvalue weighted by Gasteiger charge is 2.26. The quantitative estimate of drug-likeness (QED) is 0.546. The van der Waals surface area contributed by atoms with E-state index in [4.69, 9.17) is 4.74 Å². The van der Waals surface area contributed by atoms with Crippen LogP contribution in [0.15, 0.2) is 29.2 Å². The van der Waals surface area contributed by atoms with Crippen molar-refractivity contribution in [3.8, 4) is 5.75 Å². The lowest BCUT2D eigenvalue weighted by molar-refractivity contribution is -0.131. The van der Waals surface area contributed by atoms with Gasteiger partial charge >= 0.3 is 0 Å². The van der Waals surface area contributed by atoms with E-state index < -0.39 is 10.0 Å². The fourth-order valence-corrected chi connectivity index (χ4v) is 5.62. The summed E-state index contributed by atoms with van der Waals surface area (Å²) in [6.45, 7) is 9.05. The minimum Gasteiger partial charge on any atom is -0.494 e. The molecule has 1 N–H and O–H groups in total. The van der Waals surface area contributed by atoms with Crippen LogP contribution in [0.25, 0.3) is 0 Å². The minimum absolute atomic E-state index is 0.0212. The molecule has 2 heterocycles. The summed E-state index contributed by atoms with van der Waals surface area (Å²) in [5.74, 6) is 0.670. The third-order valence-electron chi connectivity index (χ3n) is 5.90. The number of rotatable bonds is 11. The summed E-state index contributed by atoms with van der Waals surface area (Å²) in [5.41, 5.74) is 0. The number of benzene rings is 1. The number of hydrogen-bond acceptors (Lipinski definition) is 6. The first kappa shape index (κ1) is 24.0. The second kappa shape index (κ2) is 11.8. The molecule has 0 spiro atoms. The lowest BCUT2D eigenvalue weighted by Gasteiger charge is -2.29. The van der Waals surface area contributed by atoms with E-state index in [1.807, 2.05) is 11.8 Å². The Morgan fingerprint density at radius 1 is 1.06 bits per heavy atom. The van der Waals surface area contributed by atoms with Gasteiger partial charge in [0, 0.05) is 45.7 Å². The molecule has 2 saturated heterocycles. The molecule has 1 aromatic rings. The summed E-state index contributed by atoms with van der Waals surface area (Å²) >= 11 is 0. The van der Waals surface area contributed by atoms with Gasteiger partial charge in [-0.3, -0.25) is 4.79 Å². The van der Waals surface area contributed by atoms with Gasteiger partial charge in [0.15, 0.2) is 0 Å². The molecule has 9 heteroatoms. The Labute approximate surface area is 186 Å². The van der Waals surface area contributed by atoms with Crippen LogP contribution in [0.5, 0.6) is 5.75 Å². The fraction of sp³-hybridized carbons (Fsp3) is 0.682. The summed E-state index contributed by atoms with van der Waals surface area (Å²) in [7, 11) is -3.68. The topological polar surface area (TPSA) is 82.2 Å². The van der Waals surface area contributed by atoms with Gasteiger partial charge < -0.3 is 19.9 Å². The van der Waals surface area contributed by atoms with Crippen molar-refractivity contribution in [1.29, 1.82) is 0 Å². The minimum atomic E-state index is -3.68. The highest BCUT2D eigenvalue weighted by Crippen LogP contribution is 2.21. The lowest BCUT2D eigenvalue weighted by atomic mass is 10.3. The second-order valence-electron chi connectivity index (χ2n) is 8.09. The number of sulfonamides is 1. The molecule has 0 saturated carbocycles. The molecule has 0 atom stereocenters. The van der Waals surface area contributed by atoms with Crippen molar-refractivity contribution in [1.82, 2.24) is 19.4 Å². The van der Waals surface area contributed by atoms with Gasteiger partial charge in [-0.05, 0) is 70.1 Å². The number of nitrogens with zero attached hydrogens (tertiary/aromatic N) is 3. The summed E-state index contributed by atoms with van der Waals surface area (Å²) in [5, 5.41) is 3.23. The van der Waals surface area contributed by atoms with Crippen molar-refractivity contribution < 1.29 is 17.9 Å². The van der Waals surface area contributed by atoms with Crippen LogP contribution in [-0.4, -0.2) is 93.9 Å². The first-order chi connectivity index (χ1) is 15.0. The zero-order valence-corrected chi connectivity index (χ0v) is 19.4. The highest BCUT2D eigenvalue weighted by atomic mass is 32.2. The van der Waals surface area contributed by atoms with Crippen molar-refractivity contribution in [2.45, 2.75) is 37.5 Å². The molecule has 2 aliphatic heterocycles. The van der Waals surface area contributed by atoms with Crippen LogP contribution in [0.4, 0.5) is 0 Å². The van der Waals surface area contributed by atoms with E-state index in [2.05, 4.69) is 10.2 Å². The first-order valence-electron chi connectivity index (χ1n) is 11.4. The van der Waals surface area contributed by atoms with Crippen molar-refractivity contribution in [3.05, 3.63) is 24.3 Å². The third-order valence-corrected chi connectivity index (χ3v) is 7.81. The average molecular weight is 453 g/mol. The number of likely N-dealkylation sites (tertiary alicyclic amines) is 1. The monoisotopic (exact) mass is 452 g/mol. The SMILES string of the molecule is CCOc1ccc(S(=O)(=O)N(CCCN2CCCC2)CCC(=O)N2CCNCC2)cc1. The van der Waals surface area contributed by atoms with Gasteiger partial charge in [-0.15, -0.1) is 0 Å². The number of ether oxygens (including phenoxy) is 1. The maximum atomic E-state index is 13.4. The van der Waals surface area contributed by atoms with Gasteiger partial charge in [-0.2, -0.15) is 4.31 Å². The molecule has 2 fully saturated rings. The normalized spacial score (nSPS) is 17.9. The smallest absolute Gasteiger partial charge is 0.243 e. The second-order valence-corrected chi connectivity index (χ2v) is 10.0. The zero-order valence-electron chi connectivity index (χ0n) is 18.6. The maximum Gasteiger partial charge on any atom is 0.243 e. The third kappa shape index (κ3) is 6.90. The molecular weight excluding hydrogens is 416 g/mol. The van der Waals surface area contributed by atoms with Crippen LogP contribution in [-0.2, 0) is 14.8 Å². The first-order valence-corrected chi connectivity index (χ1v) is 12.9. The Morgan fingerprint density at radius 2 is 1.74 bits per heavy atom. The number of carbonyl (C=O) groups excluding carboxylic acids is 1. The molecule has 0 aliphatic carbocycles. The molecule has 31 heavy (non-hydrogen) atoms. The van der Waals surface area contributed by atoms with Gasteiger partial charge in [0.1, 0.15) is 5.75 Å². The van der Waals surface area contributed by atoms with E-state index >= 15 is 0 Å². The highest BCUT2D eigenvalue weighted by molar-refractivity contribution is 7.89. The zero-order chi connectivity index (χ0) is 22.1. The van der Waals surface area contributed by atoms with Crippen molar-refractivity contribution in [2.75, 3.05) is 65.5 Å². The largest absolute Gasteiger partial charge is 0.494 e. The van der Waals surface area contributed by atoms with Crippen LogP contribution in [0.3, 0.4) is 0 Å². The van der Waals surface area contributed by atoms with Crippen molar-refractivity contribution in [2.24, 2.45) is 0 Å². The fourth-order valence-electron chi connectivity index (χ4n) is 4.15. The predicted molar refractivity (Wildman–Crippen MR) is 121 cm³/mol. The average Bonchev–Trinajstić information content (AvgIpc) is 3.30. The maximum absolute atomic E-state index is 13.4. The number of piperazine rings is 1. The summed E-state index contributed by atoms with van der Waals surface area (Å²) < 4.78 is 33.6. The molecule has 0 unspecified atom stereocenters. The molecule has 0 radical (unpaired) electrons. The van der Waals surface area contributed by atoms with Crippen molar-refractivity contribution >= 4 is 15.9 Å². The van der Waals surface area contributed by atoms with Crippen LogP contribution >= 0.6 is 0 Å². The van der Waals surface area contributed by atoms with Crippen LogP contribution in [0.1, 0.15) is 32.6 Å². The van der Waals surface area contributed by atoms with Crippen LogP contribution < -0.4 is 10.1 Å². The van der Waals surface area contributed by atoms with E-state index in [0.717, 1.165) is 39.1 Å². The van der Waals surface area contributed by atoms with E-state index in [-0.39, 0.29) is 23.8 Å². The Morgan fingerprint density at radius 3 is 2.39 bits per heavy atom. The summed E-state index contributed by atoms with van der Waals surface area (Å²) in [6, 6.07) is 6.55. The molecule has 174 valence electrons. The van der Waals surface area contributed by atoms with Crippen LogP contribution in [0, 0.1) is 0 Å². The molecule has 0 aromatic heterocycles. The number of carbonyl (C=O) groups is 1. The Hall–Kier alpha value is -1.68. The molecule has 1 aromatic carbocycles. The Kier molecular flexibility index (Phi) is 9.13. The van der Waals surface area contributed by atoms with E-state index in [0.29, 0.717) is 32.0 Å². The predicted octanol–water partition coefficient (Wildman–Crippen LogP) is 1.38. The summed E-state index contributed by atoms with van der Waals surface area (Å²) in [4.78, 5) is 17.1. The van der Waals surface area contributed by atoms with Crippen molar-refractivity contribution in [3.63, 3.8) is 0 Å². The number of hydrogen-bond donors (Lipinski definition) is 1. The van der Waals surface area contributed by atoms with Gasteiger partial charge in [-0.1, -0.05) is 0 Å². The van der Waals surface area contributed by atoms with E-state index in [9.17, 15) is 13.2 Å². The lowest BCUT2D eigenvalue weighted by Crippen LogP contribution is -2.47. The summed E-state index contributed by atoms with van der Waals surface area (Å²) in [6.07, 6.45) is 3.40. The Bertz CT molecular complexity index is 788. The molecule has 8 nitrogen and oxygen atoms in total. The van der Waals surface area contributed by atoms with E-state index in [1.165, 1.54) is 17.1 Å². The number of amides is 1. The van der Waals surface area contributed by atoms with E-state index in [1.54, 1.807) is 24.3 Å². The Balaban J connectivity index is 1.65. The molecule has 3 rings (SSSR count). The molecule has 0 bridgehead atoms. The van der Waals surface area contributed by atoms with Gasteiger partial charge in [0.05, 0.1) is 11.5 Å². The standard InChI is InChI=1S/C22H36N4O4S/c1-2-30-20-6-8-21(9-7-20)31(28,29)26(16-5-15-24-13-3-4-14-24)17-10-22(27)25-18-11-23-12-19-25/h6-9,23H,2-5,10-19H2,1H3. The van der Waals surface area contributed by atoms with Gasteiger partial charge in [-0.25, -0.2) is 8.42 Å². The number of nitrogens with one attached hydrogen (secondary N) is 1. The molecule has 2 aliphatic rings. The van der Waals surface area contributed by atoms with Crippen LogP contribution in [0.2, 0.25) is 0 Å². The van der Waals surface area contributed by atoms with Gasteiger partial charge in [0.25, 0.3) is 0 Å².